The molecule has 1 N–H and O–H groups in total. The summed E-state index contributed by atoms with van der Waals surface area (Å²) < 4.78 is 6.13. The number of nitrogens with one attached hydrogen (secondary N) is 1. The van der Waals surface area contributed by atoms with Crippen molar-refractivity contribution >= 4 is 33.6 Å². The monoisotopic (exact) mass is 357 g/mol. The van der Waals surface area contributed by atoms with Crippen molar-refractivity contribution in [2.45, 2.75) is 31.7 Å². The molecule has 20 heavy (non-hydrogen) atoms. The molecule has 0 radical (unpaired) electrons. The van der Waals surface area contributed by atoms with E-state index in [-0.39, 0.29) is 5.91 Å². The number of amides is 1. The fraction of sp³-hybridized carbons (Fsp3) is 0.533. The molecule has 1 aliphatic rings. The third-order valence-corrected chi connectivity index (χ3v) is 5.11. The van der Waals surface area contributed by atoms with Gasteiger partial charge in [0.25, 0.3) is 0 Å². The summed E-state index contributed by atoms with van der Waals surface area (Å²) in [5, 5.41) is 3.14. The molecule has 5 heteroatoms. The minimum Gasteiger partial charge on any atom is -0.496 e. The lowest BCUT2D eigenvalue weighted by Gasteiger charge is -2.22. The van der Waals surface area contributed by atoms with Gasteiger partial charge in [-0.1, -0.05) is 6.07 Å². The summed E-state index contributed by atoms with van der Waals surface area (Å²) >= 11 is 5.44. The molecule has 1 heterocycles. The molecule has 1 aromatic rings. The van der Waals surface area contributed by atoms with E-state index in [1.54, 1.807) is 7.11 Å². The summed E-state index contributed by atoms with van der Waals surface area (Å²) in [7, 11) is 1.65. The normalized spacial score (nSPS) is 15.9. The summed E-state index contributed by atoms with van der Waals surface area (Å²) in [4.78, 5) is 11.9. The summed E-state index contributed by atoms with van der Waals surface area (Å²) in [5.74, 6) is 3.30. The lowest BCUT2D eigenvalue weighted by atomic mass is 10.1. The van der Waals surface area contributed by atoms with Gasteiger partial charge < -0.3 is 10.1 Å². The Kier molecular flexibility index (Phi) is 6.23. The van der Waals surface area contributed by atoms with Gasteiger partial charge in [0, 0.05) is 12.5 Å². The van der Waals surface area contributed by atoms with Crippen LogP contribution in [-0.2, 0) is 11.2 Å². The number of carbonyl (C=O) groups is 1. The highest BCUT2D eigenvalue weighted by atomic mass is 79.9. The van der Waals surface area contributed by atoms with Gasteiger partial charge in [0.15, 0.2) is 0 Å². The largest absolute Gasteiger partial charge is 0.496 e. The molecule has 1 amide bonds. The Hall–Kier alpha value is -0.680. The number of thioether (sulfide) groups is 1. The zero-order chi connectivity index (χ0) is 14.4. The number of aryl methyl sites for hydroxylation is 1. The predicted molar refractivity (Wildman–Crippen MR) is 87.5 cm³/mol. The molecule has 1 aliphatic heterocycles. The number of carbonyl (C=O) groups excluding carboxylic acids is 1. The van der Waals surface area contributed by atoms with Crippen molar-refractivity contribution in [2.24, 2.45) is 0 Å². The van der Waals surface area contributed by atoms with Crippen molar-refractivity contribution in [3.8, 4) is 5.75 Å². The summed E-state index contributed by atoms with van der Waals surface area (Å²) in [6, 6.07) is 6.33. The molecule has 1 fully saturated rings. The number of halogens is 1. The Morgan fingerprint density at radius 1 is 1.45 bits per heavy atom. The number of ether oxygens (including phenoxy) is 1. The first-order chi connectivity index (χ1) is 9.69. The van der Waals surface area contributed by atoms with Crippen LogP contribution in [-0.4, -0.2) is 30.6 Å². The van der Waals surface area contributed by atoms with Crippen LogP contribution in [0.1, 0.15) is 24.8 Å². The highest BCUT2D eigenvalue weighted by molar-refractivity contribution is 9.10. The van der Waals surface area contributed by atoms with Gasteiger partial charge in [0.1, 0.15) is 5.75 Å². The Labute approximate surface area is 133 Å². The highest BCUT2D eigenvalue weighted by Gasteiger charge is 2.15. The van der Waals surface area contributed by atoms with Crippen molar-refractivity contribution in [1.82, 2.24) is 5.32 Å². The van der Waals surface area contributed by atoms with Crippen molar-refractivity contribution in [3.63, 3.8) is 0 Å². The number of methoxy groups -OCH3 is 1. The first-order valence-electron chi connectivity index (χ1n) is 6.88. The predicted octanol–water partition coefficient (Wildman–Crippen LogP) is 3.40. The van der Waals surface area contributed by atoms with Gasteiger partial charge in [0.05, 0.1) is 11.6 Å². The third kappa shape index (κ3) is 4.70. The molecule has 0 bridgehead atoms. The standard InChI is InChI=1S/C15H20BrNO2S/c1-19-14-4-2-11(10-13(14)16)3-5-15(18)17-12-6-8-20-9-7-12/h2,4,10,12H,3,5-9H2,1H3,(H,17,18). The van der Waals surface area contributed by atoms with Crippen LogP contribution in [0.4, 0.5) is 0 Å². The van der Waals surface area contributed by atoms with Crippen LogP contribution in [0.25, 0.3) is 0 Å². The molecule has 3 nitrogen and oxygen atoms in total. The Morgan fingerprint density at radius 3 is 2.85 bits per heavy atom. The van der Waals surface area contributed by atoms with Crippen LogP contribution in [0, 0.1) is 0 Å². The van der Waals surface area contributed by atoms with Crippen molar-refractivity contribution < 1.29 is 9.53 Å². The van der Waals surface area contributed by atoms with Gasteiger partial charge in [-0.25, -0.2) is 0 Å². The second-order valence-corrected chi connectivity index (χ2v) is 7.00. The van der Waals surface area contributed by atoms with Crippen LogP contribution < -0.4 is 10.1 Å². The lowest BCUT2D eigenvalue weighted by Crippen LogP contribution is -2.37. The Bertz CT molecular complexity index is 461. The maximum Gasteiger partial charge on any atom is 0.220 e. The van der Waals surface area contributed by atoms with E-state index < -0.39 is 0 Å². The number of rotatable bonds is 5. The quantitative estimate of drug-likeness (QED) is 0.877. The molecular formula is C15H20BrNO2S. The van der Waals surface area contributed by atoms with Crippen LogP contribution in [0.5, 0.6) is 5.75 Å². The lowest BCUT2D eigenvalue weighted by molar-refractivity contribution is -0.121. The molecular weight excluding hydrogens is 338 g/mol. The van der Waals surface area contributed by atoms with Crippen molar-refractivity contribution in [3.05, 3.63) is 28.2 Å². The van der Waals surface area contributed by atoms with E-state index in [9.17, 15) is 4.79 Å². The Balaban J connectivity index is 1.79. The van der Waals surface area contributed by atoms with E-state index in [4.69, 9.17) is 4.74 Å². The van der Waals surface area contributed by atoms with Gasteiger partial charge in [-0.15, -0.1) is 0 Å². The van der Waals surface area contributed by atoms with Crippen molar-refractivity contribution in [1.29, 1.82) is 0 Å². The molecule has 2 rings (SSSR count). The minimum absolute atomic E-state index is 0.161. The van der Waals surface area contributed by atoms with Gasteiger partial charge in [-0.2, -0.15) is 11.8 Å². The minimum atomic E-state index is 0.161. The molecule has 110 valence electrons. The van der Waals surface area contributed by atoms with E-state index in [1.165, 1.54) is 0 Å². The maximum atomic E-state index is 11.9. The van der Waals surface area contributed by atoms with Gasteiger partial charge in [-0.3, -0.25) is 4.79 Å². The maximum absolute atomic E-state index is 11.9. The van der Waals surface area contributed by atoms with Crippen LogP contribution in [0.2, 0.25) is 0 Å². The SMILES string of the molecule is COc1ccc(CCC(=O)NC2CCSCC2)cc1Br. The molecule has 0 aromatic heterocycles. The topological polar surface area (TPSA) is 38.3 Å². The summed E-state index contributed by atoms with van der Waals surface area (Å²) in [6.07, 6.45) is 3.51. The first-order valence-corrected chi connectivity index (χ1v) is 8.83. The zero-order valence-electron chi connectivity index (χ0n) is 11.7. The molecule has 0 atom stereocenters. The molecule has 0 spiro atoms. The summed E-state index contributed by atoms with van der Waals surface area (Å²) in [6.45, 7) is 0. The fourth-order valence-electron chi connectivity index (χ4n) is 2.27. The van der Waals surface area contributed by atoms with E-state index in [0.717, 1.165) is 46.6 Å². The molecule has 0 unspecified atom stereocenters. The third-order valence-electron chi connectivity index (χ3n) is 3.44. The van der Waals surface area contributed by atoms with Crippen LogP contribution >= 0.6 is 27.7 Å². The van der Waals surface area contributed by atoms with E-state index in [1.807, 2.05) is 30.0 Å². The molecule has 1 aromatic carbocycles. The average molecular weight is 358 g/mol. The second-order valence-electron chi connectivity index (χ2n) is 4.92. The van der Waals surface area contributed by atoms with Crippen LogP contribution in [0.15, 0.2) is 22.7 Å². The molecule has 0 saturated carbocycles. The van der Waals surface area contributed by atoms with E-state index in [0.29, 0.717) is 12.5 Å². The fourth-order valence-corrected chi connectivity index (χ4v) is 3.96. The molecule has 1 saturated heterocycles. The number of hydrogen-bond donors (Lipinski definition) is 1. The van der Waals surface area contributed by atoms with Gasteiger partial charge >= 0.3 is 0 Å². The van der Waals surface area contributed by atoms with E-state index >= 15 is 0 Å². The summed E-state index contributed by atoms with van der Waals surface area (Å²) in [5.41, 5.74) is 1.15. The van der Waals surface area contributed by atoms with Gasteiger partial charge in [0.2, 0.25) is 5.91 Å². The number of benzene rings is 1. The second kappa shape index (κ2) is 7.93. The zero-order valence-corrected chi connectivity index (χ0v) is 14.1. The Morgan fingerprint density at radius 2 is 2.20 bits per heavy atom. The first kappa shape index (κ1) is 15.7. The van der Waals surface area contributed by atoms with Gasteiger partial charge in [-0.05, 0) is 64.4 Å². The van der Waals surface area contributed by atoms with Crippen molar-refractivity contribution in [2.75, 3.05) is 18.6 Å². The smallest absolute Gasteiger partial charge is 0.220 e. The average Bonchev–Trinajstić information content (AvgIpc) is 2.46. The van der Waals surface area contributed by atoms with Crippen LogP contribution in [0.3, 0.4) is 0 Å². The van der Waals surface area contributed by atoms with E-state index in [2.05, 4.69) is 21.2 Å². The molecule has 0 aliphatic carbocycles. The number of hydrogen-bond acceptors (Lipinski definition) is 3. The highest BCUT2D eigenvalue weighted by Crippen LogP contribution is 2.26.